The number of benzene rings is 2. The summed E-state index contributed by atoms with van der Waals surface area (Å²) in [5, 5.41) is 17.3. The summed E-state index contributed by atoms with van der Waals surface area (Å²) in [5.74, 6) is 3.81. The van der Waals surface area contributed by atoms with Crippen LogP contribution >= 0.6 is 0 Å². The van der Waals surface area contributed by atoms with Crippen LogP contribution in [0.4, 0.5) is 10.1 Å². The maximum atomic E-state index is 13.8. The van der Waals surface area contributed by atoms with E-state index in [-0.39, 0.29) is 11.7 Å². The van der Waals surface area contributed by atoms with Gasteiger partial charge in [0.15, 0.2) is 0 Å². The van der Waals surface area contributed by atoms with E-state index in [1.807, 2.05) is 36.5 Å². The van der Waals surface area contributed by atoms with Crippen molar-refractivity contribution >= 4 is 22.4 Å². The summed E-state index contributed by atoms with van der Waals surface area (Å²) in [6, 6.07) is 14.3. The average molecular weight is 416 g/mol. The number of oxime groups is 1. The van der Waals surface area contributed by atoms with Gasteiger partial charge in [-0.25, -0.2) is 4.39 Å². The maximum absolute atomic E-state index is 13.8. The van der Waals surface area contributed by atoms with Gasteiger partial charge in [-0.15, -0.1) is 6.42 Å². The number of nitrogens with one attached hydrogen (secondary N) is 1. The van der Waals surface area contributed by atoms with Crippen LogP contribution in [0.3, 0.4) is 0 Å². The average Bonchev–Trinajstić information content (AvgIpc) is 2.82. The molecule has 0 aliphatic heterocycles. The zero-order valence-electron chi connectivity index (χ0n) is 17.6. The lowest BCUT2D eigenvalue weighted by Crippen LogP contribution is -2.30. The number of pyridine rings is 1. The molecule has 1 heterocycles. The van der Waals surface area contributed by atoms with Crippen LogP contribution in [0.2, 0.25) is 0 Å². The zero-order valence-corrected chi connectivity index (χ0v) is 17.6. The number of aromatic nitrogens is 1. The van der Waals surface area contributed by atoms with E-state index in [9.17, 15) is 9.60 Å². The van der Waals surface area contributed by atoms with Gasteiger partial charge in [0.25, 0.3) is 0 Å². The van der Waals surface area contributed by atoms with E-state index in [4.69, 9.17) is 6.42 Å². The molecule has 1 atom stereocenters. The molecule has 3 aromatic rings. The molecule has 1 aliphatic rings. The second-order valence-electron chi connectivity index (χ2n) is 8.29. The van der Waals surface area contributed by atoms with Crippen LogP contribution in [0.5, 0.6) is 0 Å². The normalized spacial score (nSPS) is 20.2. The molecule has 1 fully saturated rings. The summed E-state index contributed by atoms with van der Waals surface area (Å²) < 4.78 is 13.8. The number of terminal acetylenes is 1. The molecule has 4 rings (SSSR count). The lowest BCUT2D eigenvalue weighted by Gasteiger charge is -2.33. The van der Waals surface area contributed by atoms with Gasteiger partial charge in [-0.1, -0.05) is 18.0 Å². The lowest BCUT2D eigenvalue weighted by molar-refractivity contribution is 0.273. The van der Waals surface area contributed by atoms with Gasteiger partial charge in [-0.05, 0) is 91.6 Å². The third-order valence-corrected chi connectivity index (χ3v) is 6.52. The molecule has 4 nitrogen and oxygen atoms in total. The quantitative estimate of drug-likeness (QED) is 0.176. The number of rotatable bonds is 4. The molecular weight excluding hydrogens is 389 g/mol. The van der Waals surface area contributed by atoms with Crippen LogP contribution < -0.4 is 5.32 Å². The maximum Gasteiger partial charge on any atom is 0.149 e. The summed E-state index contributed by atoms with van der Waals surface area (Å²) in [7, 11) is 0. The summed E-state index contributed by atoms with van der Waals surface area (Å²) in [6.07, 6.45) is 11.3. The van der Waals surface area contributed by atoms with Crippen LogP contribution in [0.15, 0.2) is 59.9 Å². The highest BCUT2D eigenvalue weighted by atomic mass is 19.1. The molecule has 0 saturated heterocycles. The van der Waals surface area contributed by atoms with E-state index in [0.29, 0.717) is 17.7 Å². The van der Waals surface area contributed by atoms with E-state index in [2.05, 4.69) is 28.3 Å². The highest BCUT2D eigenvalue weighted by Crippen LogP contribution is 2.41. The van der Waals surface area contributed by atoms with Crippen molar-refractivity contribution in [1.29, 1.82) is 0 Å². The van der Waals surface area contributed by atoms with Crippen LogP contribution in [0, 0.1) is 30.0 Å². The van der Waals surface area contributed by atoms with Crippen LogP contribution in [-0.2, 0) is 0 Å². The molecule has 0 bridgehead atoms. The predicted octanol–water partition coefficient (Wildman–Crippen LogP) is 6.16. The third-order valence-electron chi connectivity index (χ3n) is 6.52. The minimum absolute atomic E-state index is 0.0879. The van der Waals surface area contributed by atoms with Gasteiger partial charge in [-0.2, -0.15) is 0 Å². The number of nitrogens with zero attached hydrogens (tertiary/aromatic N) is 2. The Morgan fingerprint density at radius 3 is 2.58 bits per heavy atom. The van der Waals surface area contributed by atoms with Crippen molar-refractivity contribution < 1.29 is 9.60 Å². The monoisotopic (exact) mass is 415 g/mol. The molecule has 1 aliphatic carbocycles. The predicted molar refractivity (Wildman–Crippen MR) is 123 cm³/mol. The Labute approximate surface area is 182 Å². The van der Waals surface area contributed by atoms with Crippen molar-refractivity contribution in [2.45, 2.75) is 38.5 Å². The second kappa shape index (κ2) is 9.18. The van der Waals surface area contributed by atoms with Crippen molar-refractivity contribution in [3.63, 3.8) is 0 Å². The Bertz CT molecular complexity index is 1130. The van der Waals surface area contributed by atoms with Gasteiger partial charge in [0, 0.05) is 28.8 Å². The smallest absolute Gasteiger partial charge is 0.149 e. The Hall–Kier alpha value is -3.39. The first kappa shape index (κ1) is 20.9. The van der Waals surface area contributed by atoms with E-state index in [1.54, 1.807) is 12.1 Å². The van der Waals surface area contributed by atoms with Crippen LogP contribution in [-0.4, -0.2) is 16.0 Å². The standard InChI is InChI=1S/C26H26FN3O/c1-3-18-4-11-22(12-5-18)29-26(30-31)17(2)19-6-8-20(9-7-19)23-14-15-28-25-13-10-21(27)16-24(23)25/h1,4-5,10-17,19-20,31H,6-9H2,2H3,(H,29,30)/t17-,19-,20+/m1/s1. The first-order valence-electron chi connectivity index (χ1n) is 10.7. The Balaban J connectivity index is 1.43. The summed E-state index contributed by atoms with van der Waals surface area (Å²) >= 11 is 0. The van der Waals surface area contributed by atoms with Crippen molar-refractivity contribution in [2.75, 3.05) is 5.32 Å². The molecule has 1 aromatic heterocycles. The minimum atomic E-state index is -0.228. The lowest BCUT2D eigenvalue weighted by atomic mass is 9.73. The number of hydrogen-bond donors (Lipinski definition) is 2. The Kier molecular flexibility index (Phi) is 6.18. The molecule has 158 valence electrons. The van der Waals surface area contributed by atoms with Crippen molar-refractivity contribution in [3.8, 4) is 12.3 Å². The molecule has 0 spiro atoms. The molecule has 31 heavy (non-hydrogen) atoms. The van der Waals surface area contributed by atoms with Gasteiger partial charge in [0.2, 0.25) is 0 Å². The fourth-order valence-electron chi connectivity index (χ4n) is 4.68. The summed E-state index contributed by atoms with van der Waals surface area (Å²) in [4.78, 5) is 4.38. The SMILES string of the molecule is C#Cc1ccc(N/C(=N\O)[C@H](C)[C@H]2CC[C@@H](c3ccnc4ccc(F)cc43)CC2)cc1. The molecule has 0 unspecified atom stereocenters. The van der Waals surface area contributed by atoms with Crippen molar-refractivity contribution in [2.24, 2.45) is 17.0 Å². The van der Waals surface area contributed by atoms with Gasteiger partial charge in [0.05, 0.1) is 5.52 Å². The van der Waals surface area contributed by atoms with E-state index < -0.39 is 0 Å². The molecule has 5 heteroatoms. The van der Waals surface area contributed by atoms with Crippen molar-refractivity contribution in [3.05, 3.63) is 71.7 Å². The fraction of sp³-hybridized carbons (Fsp3) is 0.308. The van der Waals surface area contributed by atoms with Gasteiger partial charge >= 0.3 is 0 Å². The van der Waals surface area contributed by atoms with E-state index in [1.165, 1.54) is 11.6 Å². The Morgan fingerprint density at radius 1 is 1.16 bits per heavy atom. The molecule has 2 N–H and O–H groups in total. The number of halogens is 1. The number of anilines is 1. The van der Waals surface area contributed by atoms with Gasteiger partial charge < -0.3 is 10.5 Å². The van der Waals surface area contributed by atoms with Crippen LogP contribution in [0.25, 0.3) is 10.9 Å². The van der Waals surface area contributed by atoms with Gasteiger partial charge in [-0.3, -0.25) is 4.98 Å². The Morgan fingerprint density at radius 2 is 1.90 bits per heavy atom. The molecule has 0 radical (unpaired) electrons. The molecule has 2 aromatic carbocycles. The van der Waals surface area contributed by atoms with Crippen molar-refractivity contribution in [1.82, 2.24) is 4.98 Å². The van der Waals surface area contributed by atoms with E-state index >= 15 is 0 Å². The number of amidine groups is 1. The highest BCUT2D eigenvalue weighted by molar-refractivity contribution is 5.96. The van der Waals surface area contributed by atoms with Crippen LogP contribution in [0.1, 0.15) is 49.7 Å². The number of fused-ring (bicyclic) bond motifs is 1. The first-order chi connectivity index (χ1) is 15.1. The molecular formula is C26H26FN3O. The number of hydrogen-bond acceptors (Lipinski definition) is 3. The molecule has 1 saturated carbocycles. The molecule has 0 amide bonds. The topological polar surface area (TPSA) is 57.5 Å². The summed E-state index contributed by atoms with van der Waals surface area (Å²) in [6.45, 7) is 2.10. The zero-order chi connectivity index (χ0) is 21.8. The highest BCUT2D eigenvalue weighted by Gasteiger charge is 2.29. The van der Waals surface area contributed by atoms with E-state index in [0.717, 1.165) is 47.8 Å². The fourth-order valence-corrected chi connectivity index (χ4v) is 4.68. The summed E-state index contributed by atoms with van der Waals surface area (Å²) in [5.41, 5.74) is 3.67. The first-order valence-corrected chi connectivity index (χ1v) is 10.7. The second-order valence-corrected chi connectivity index (χ2v) is 8.29. The largest absolute Gasteiger partial charge is 0.409 e. The van der Waals surface area contributed by atoms with Gasteiger partial charge in [0.1, 0.15) is 11.7 Å². The third kappa shape index (κ3) is 4.54. The minimum Gasteiger partial charge on any atom is -0.409 e.